The third-order valence-electron chi connectivity index (χ3n) is 3.20. The number of amides is 1. The highest BCUT2D eigenvalue weighted by Crippen LogP contribution is 2.15. The van der Waals surface area contributed by atoms with Crippen LogP contribution in [-0.4, -0.2) is 37.0 Å². The zero-order valence-corrected chi connectivity index (χ0v) is 13.5. The molecule has 0 saturated heterocycles. The smallest absolute Gasteiger partial charge is 0.467 e. The highest BCUT2D eigenvalue weighted by molar-refractivity contribution is 5.95. The Balaban J connectivity index is 2.55. The quantitative estimate of drug-likeness (QED) is 0.573. The van der Waals surface area contributed by atoms with Gasteiger partial charge in [0.15, 0.2) is 5.78 Å². The van der Waals surface area contributed by atoms with E-state index in [2.05, 4.69) is 4.74 Å². The molecule has 0 aromatic heterocycles. The molecule has 0 bridgehead atoms. The fraction of sp³-hybridized carbons (Fsp3) is 0.353. The van der Waals surface area contributed by atoms with E-state index in [-0.39, 0.29) is 0 Å². The van der Waals surface area contributed by atoms with E-state index in [1.807, 2.05) is 30.3 Å². The summed E-state index contributed by atoms with van der Waals surface area (Å²) in [6.07, 6.45) is -1.78. The summed E-state index contributed by atoms with van der Waals surface area (Å²) in [4.78, 5) is 34.2. The van der Waals surface area contributed by atoms with Crippen molar-refractivity contribution < 1.29 is 32.3 Å². The number of methoxy groups -OCH3 is 1. The van der Waals surface area contributed by atoms with Crippen molar-refractivity contribution in [2.45, 2.75) is 31.5 Å². The highest BCUT2D eigenvalue weighted by atomic mass is 19.4. The maximum absolute atomic E-state index is 12.3. The zero-order chi connectivity index (χ0) is 18.9. The molecule has 0 heterocycles. The number of benzene rings is 1. The fourth-order valence-electron chi connectivity index (χ4n) is 1.95. The molecule has 1 rings (SSSR count). The number of ketones is 1. The van der Waals surface area contributed by atoms with Gasteiger partial charge in [-0.1, -0.05) is 36.4 Å². The minimum absolute atomic E-state index is 0.549. The van der Waals surface area contributed by atoms with E-state index in [1.165, 1.54) is 11.4 Å². The van der Waals surface area contributed by atoms with Crippen molar-refractivity contribution in [3.05, 3.63) is 48.0 Å². The van der Waals surface area contributed by atoms with E-state index in [0.29, 0.717) is 12.8 Å². The van der Waals surface area contributed by atoms with Crippen LogP contribution in [0.4, 0.5) is 13.2 Å². The summed E-state index contributed by atoms with van der Waals surface area (Å²) in [6, 6.07) is 7.81. The van der Waals surface area contributed by atoms with Crippen molar-refractivity contribution >= 4 is 17.7 Å². The molecular formula is C17H18F3NO4. The Bertz CT molecular complexity index is 627. The van der Waals surface area contributed by atoms with Crippen molar-refractivity contribution in [1.82, 2.24) is 5.32 Å². The Morgan fingerprint density at radius 1 is 1.20 bits per heavy atom. The summed E-state index contributed by atoms with van der Waals surface area (Å²) in [7, 11) is 0.954. The molecule has 0 aliphatic carbocycles. The van der Waals surface area contributed by atoms with Gasteiger partial charge in [-0.05, 0) is 24.5 Å². The van der Waals surface area contributed by atoms with Gasteiger partial charge in [0, 0.05) is 6.42 Å². The SMILES string of the molecule is COC(=O)[C@H](CC(=O)/C=C/CCc1ccccc1)NC(=O)C(F)(F)F. The lowest BCUT2D eigenvalue weighted by Gasteiger charge is -2.16. The van der Waals surface area contributed by atoms with Crippen LogP contribution >= 0.6 is 0 Å². The lowest BCUT2D eigenvalue weighted by Crippen LogP contribution is -2.48. The molecule has 1 aromatic rings. The number of alkyl halides is 3. The number of allylic oxidation sites excluding steroid dienone is 2. The van der Waals surface area contributed by atoms with Crippen molar-refractivity contribution in [1.29, 1.82) is 0 Å². The molecule has 1 amide bonds. The second-order valence-electron chi connectivity index (χ2n) is 5.14. The maximum Gasteiger partial charge on any atom is 0.471 e. The second-order valence-corrected chi connectivity index (χ2v) is 5.14. The summed E-state index contributed by atoms with van der Waals surface area (Å²) < 4.78 is 41.1. The second kappa shape index (κ2) is 9.61. The first kappa shape index (κ1) is 20.4. The van der Waals surface area contributed by atoms with E-state index < -0.39 is 36.3 Å². The molecule has 5 nitrogen and oxygen atoms in total. The molecule has 0 aliphatic rings. The summed E-state index contributed by atoms with van der Waals surface area (Å²) in [5, 5.41) is 1.46. The number of carbonyl (C=O) groups is 3. The first-order valence-corrected chi connectivity index (χ1v) is 7.43. The number of ether oxygens (including phenoxy) is 1. The Morgan fingerprint density at radius 3 is 2.40 bits per heavy atom. The van der Waals surface area contributed by atoms with Crippen LogP contribution in [0.25, 0.3) is 0 Å². The molecule has 25 heavy (non-hydrogen) atoms. The molecule has 8 heteroatoms. The number of halogens is 3. The van der Waals surface area contributed by atoms with E-state index in [1.54, 1.807) is 6.08 Å². The molecule has 0 unspecified atom stereocenters. The summed E-state index contributed by atoms with van der Waals surface area (Å²) >= 11 is 0. The zero-order valence-electron chi connectivity index (χ0n) is 13.5. The first-order valence-electron chi connectivity index (χ1n) is 7.43. The number of hydrogen-bond acceptors (Lipinski definition) is 4. The third kappa shape index (κ3) is 7.65. The molecule has 1 atom stereocenters. The normalized spacial score (nSPS) is 12.6. The van der Waals surface area contributed by atoms with Crippen molar-refractivity contribution in [3.63, 3.8) is 0 Å². The molecule has 0 saturated carbocycles. The number of carbonyl (C=O) groups excluding carboxylic acids is 3. The van der Waals surface area contributed by atoms with E-state index in [9.17, 15) is 27.6 Å². The van der Waals surface area contributed by atoms with Crippen LogP contribution in [-0.2, 0) is 25.5 Å². The number of hydrogen-bond donors (Lipinski definition) is 1. The fourth-order valence-corrected chi connectivity index (χ4v) is 1.95. The van der Waals surface area contributed by atoms with Crippen LogP contribution in [0.2, 0.25) is 0 Å². The van der Waals surface area contributed by atoms with Gasteiger partial charge in [-0.15, -0.1) is 0 Å². The molecule has 136 valence electrons. The van der Waals surface area contributed by atoms with Crippen molar-refractivity contribution in [2.24, 2.45) is 0 Å². The predicted octanol–water partition coefficient (Wildman–Crippen LogP) is 2.35. The summed E-state index contributed by atoms with van der Waals surface area (Å²) in [5.41, 5.74) is 1.07. The third-order valence-corrected chi connectivity index (χ3v) is 3.20. The van der Waals surface area contributed by atoms with Gasteiger partial charge in [-0.3, -0.25) is 9.59 Å². The summed E-state index contributed by atoms with van der Waals surface area (Å²) in [5.74, 6) is -4.02. The van der Waals surface area contributed by atoms with Crippen LogP contribution in [0.5, 0.6) is 0 Å². The molecule has 1 N–H and O–H groups in total. The number of nitrogens with one attached hydrogen (secondary N) is 1. The lowest BCUT2D eigenvalue weighted by atomic mass is 10.1. The topological polar surface area (TPSA) is 72.5 Å². The van der Waals surface area contributed by atoms with Gasteiger partial charge in [0.2, 0.25) is 0 Å². The van der Waals surface area contributed by atoms with Gasteiger partial charge >= 0.3 is 18.1 Å². The van der Waals surface area contributed by atoms with Crippen LogP contribution in [0.1, 0.15) is 18.4 Å². The van der Waals surface area contributed by atoms with Gasteiger partial charge < -0.3 is 10.1 Å². The van der Waals surface area contributed by atoms with Crippen LogP contribution < -0.4 is 5.32 Å². The standard InChI is InChI=1S/C17H18F3NO4/c1-25-15(23)14(21-16(24)17(18,19)20)11-13(22)10-6-5-9-12-7-3-2-4-8-12/h2-4,6-8,10,14H,5,9,11H2,1H3,(H,21,24)/b10-6+/t14-/m0/s1. The Labute approximate surface area is 142 Å². The molecule has 0 aliphatic heterocycles. The van der Waals surface area contributed by atoms with Gasteiger partial charge in [0.05, 0.1) is 7.11 Å². The highest BCUT2D eigenvalue weighted by Gasteiger charge is 2.41. The Morgan fingerprint density at radius 2 is 1.84 bits per heavy atom. The summed E-state index contributed by atoms with van der Waals surface area (Å²) in [6.45, 7) is 0. The van der Waals surface area contributed by atoms with E-state index >= 15 is 0 Å². The number of aryl methyl sites for hydroxylation is 1. The minimum Gasteiger partial charge on any atom is -0.467 e. The number of rotatable bonds is 8. The minimum atomic E-state index is -5.15. The molecule has 1 aromatic carbocycles. The monoisotopic (exact) mass is 357 g/mol. The van der Waals surface area contributed by atoms with E-state index in [0.717, 1.165) is 12.7 Å². The average Bonchev–Trinajstić information content (AvgIpc) is 2.57. The van der Waals surface area contributed by atoms with E-state index in [4.69, 9.17) is 0 Å². The first-order chi connectivity index (χ1) is 11.7. The van der Waals surface area contributed by atoms with Gasteiger partial charge in [0.1, 0.15) is 6.04 Å². The van der Waals surface area contributed by atoms with Crippen molar-refractivity contribution in [3.8, 4) is 0 Å². The maximum atomic E-state index is 12.3. The number of esters is 1. The molecule has 0 spiro atoms. The van der Waals surface area contributed by atoms with Crippen LogP contribution in [0.3, 0.4) is 0 Å². The molecule has 0 radical (unpaired) electrons. The van der Waals surface area contributed by atoms with Crippen molar-refractivity contribution in [2.75, 3.05) is 7.11 Å². The van der Waals surface area contributed by atoms with Gasteiger partial charge in [-0.25, -0.2) is 4.79 Å². The Hall–Kier alpha value is -2.64. The van der Waals surface area contributed by atoms with Gasteiger partial charge in [0.25, 0.3) is 0 Å². The molecule has 0 fully saturated rings. The lowest BCUT2D eigenvalue weighted by molar-refractivity contribution is -0.175. The average molecular weight is 357 g/mol. The predicted molar refractivity (Wildman–Crippen MR) is 83.5 cm³/mol. The van der Waals surface area contributed by atoms with Gasteiger partial charge in [-0.2, -0.15) is 13.2 Å². The molecular weight excluding hydrogens is 339 g/mol. The van der Waals surface area contributed by atoms with Crippen LogP contribution in [0.15, 0.2) is 42.5 Å². The van der Waals surface area contributed by atoms with Crippen LogP contribution in [0, 0.1) is 0 Å². The Kier molecular flexibility index (Phi) is 7.84. The largest absolute Gasteiger partial charge is 0.471 e.